The van der Waals surface area contributed by atoms with Gasteiger partial charge in [-0.3, -0.25) is 9.10 Å². The number of para-hydroxylation sites is 1. The fourth-order valence-corrected chi connectivity index (χ4v) is 5.15. The maximum absolute atomic E-state index is 12.8. The number of methoxy groups -OCH3 is 1. The van der Waals surface area contributed by atoms with Crippen molar-refractivity contribution in [3.05, 3.63) is 59.2 Å². The smallest absolute Gasteiger partial charge is 0.251 e. The molecule has 1 amide bonds. The molecule has 150 valence electrons. The van der Waals surface area contributed by atoms with Crippen LogP contribution in [0.5, 0.6) is 5.75 Å². The van der Waals surface area contributed by atoms with E-state index >= 15 is 0 Å². The number of rotatable bonds is 5. The summed E-state index contributed by atoms with van der Waals surface area (Å²) in [6.07, 6.45) is 1.49. The highest BCUT2D eigenvalue weighted by molar-refractivity contribution is 7.92. The van der Waals surface area contributed by atoms with E-state index in [-0.39, 0.29) is 17.7 Å². The van der Waals surface area contributed by atoms with Crippen molar-refractivity contribution in [2.24, 2.45) is 0 Å². The van der Waals surface area contributed by atoms with E-state index in [1.165, 1.54) is 4.31 Å². The second-order valence-corrected chi connectivity index (χ2v) is 9.05. The number of ether oxygens (including phenoxy) is 1. The summed E-state index contributed by atoms with van der Waals surface area (Å²) in [5, 5.41) is 2.97. The minimum Gasteiger partial charge on any atom is -0.496 e. The third kappa shape index (κ3) is 4.14. The molecule has 6 nitrogen and oxygen atoms in total. The number of hydrogen-bond donors (Lipinski definition) is 1. The number of nitrogens with zero attached hydrogens (tertiary/aromatic N) is 1. The molecule has 1 aliphatic rings. The van der Waals surface area contributed by atoms with Gasteiger partial charge in [-0.25, -0.2) is 8.42 Å². The normalized spacial score (nSPS) is 17.0. The van der Waals surface area contributed by atoms with Crippen LogP contribution in [-0.4, -0.2) is 33.7 Å². The van der Waals surface area contributed by atoms with Crippen molar-refractivity contribution in [1.29, 1.82) is 0 Å². The van der Waals surface area contributed by atoms with Crippen LogP contribution in [0.15, 0.2) is 42.5 Å². The van der Waals surface area contributed by atoms with E-state index in [1.807, 2.05) is 38.1 Å². The van der Waals surface area contributed by atoms with E-state index in [9.17, 15) is 13.2 Å². The van der Waals surface area contributed by atoms with Gasteiger partial charge in [-0.05, 0) is 50.5 Å². The molecule has 1 fully saturated rings. The molecule has 28 heavy (non-hydrogen) atoms. The maximum atomic E-state index is 12.8. The van der Waals surface area contributed by atoms with Crippen LogP contribution in [0, 0.1) is 6.92 Å². The molecule has 1 aliphatic heterocycles. The topological polar surface area (TPSA) is 75.7 Å². The summed E-state index contributed by atoms with van der Waals surface area (Å²) < 4.78 is 31.7. The maximum Gasteiger partial charge on any atom is 0.251 e. The van der Waals surface area contributed by atoms with E-state index in [2.05, 4.69) is 5.32 Å². The molecule has 0 bridgehead atoms. The van der Waals surface area contributed by atoms with Gasteiger partial charge >= 0.3 is 0 Å². The molecule has 2 aromatic rings. The summed E-state index contributed by atoms with van der Waals surface area (Å²) in [5.41, 5.74) is 2.73. The van der Waals surface area contributed by atoms with E-state index in [0.29, 0.717) is 30.0 Å². The second-order valence-electron chi connectivity index (χ2n) is 7.03. The number of carbonyl (C=O) groups is 1. The van der Waals surface area contributed by atoms with Crippen LogP contribution in [0.25, 0.3) is 0 Å². The van der Waals surface area contributed by atoms with E-state index < -0.39 is 10.0 Å². The third-order valence-corrected chi connectivity index (χ3v) is 6.90. The summed E-state index contributed by atoms with van der Waals surface area (Å²) in [7, 11) is -1.74. The number of amides is 1. The number of carbonyl (C=O) groups excluding carboxylic acids is 1. The van der Waals surface area contributed by atoms with Crippen LogP contribution < -0.4 is 14.4 Å². The van der Waals surface area contributed by atoms with Crippen molar-refractivity contribution in [3.8, 4) is 5.75 Å². The molecule has 1 atom stereocenters. The van der Waals surface area contributed by atoms with E-state index in [4.69, 9.17) is 4.74 Å². The summed E-state index contributed by atoms with van der Waals surface area (Å²) in [6.45, 7) is 4.20. The Hall–Kier alpha value is -2.54. The highest BCUT2D eigenvalue weighted by atomic mass is 32.2. The molecule has 2 aromatic carbocycles. The van der Waals surface area contributed by atoms with Crippen LogP contribution in [0.2, 0.25) is 0 Å². The fraction of sp³-hybridized carbons (Fsp3) is 0.381. The first-order valence-corrected chi connectivity index (χ1v) is 11.0. The Morgan fingerprint density at radius 3 is 2.64 bits per heavy atom. The molecule has 1 unspecified atom stereocenters. The summed E-state index contributed by atoms with van der Waals surface area (Å²) in [6, 6.07) is 12.5. The summed E-state index contributed by atoms with van der Waals surface area (Å²) >= 11 is 0. The molecule has 7 heteroatoms. The van der Waals surface area contributed by atoms with Crippen LogP contribution in [-0.2, 0) is 10.0 Å². The van der Waals surface area contributed by atoms with E-state index in [1.54, 1.807) is 25.3 Å². The number of nitrogens with one attached hydrogen (secondary N) is 1. The Bertz CT molecular complexity index is 972. The molecule has 1 saturated heterocycles. The number of hydrogen-bond acceptors (Lipinski definition) is 4. The first kappa shape index (κ1) is 20.2. The van der Waals surface area contributed by atoms with Crippen LogP contribution >= 0.6 is 0 Å². The molecule has 3 rings (SSSR count). The van der Waals surface area contributed by atoms with Gasteiger partial charge in [0.15, 0.2) is 0 Å². The Balaban J connectivity index is 1.85. The lowest BCUT2D eigenvalue weighted by molar-refractivity contribution is 0.0939. The average Bonchev–Trinajstić information content (AvgIpc) is 2.68. The number of aryl methyl sites for hydroxylation is 1. The minimum atomic E-state index is -3.33. The number of benzene rings is 2. The fourth-order valence-electron chi connectivity index (χ4n) is 3.46. The van der Waals surface area contributed by atoms with Crippen LogP contribution in [0.1, 0.15) is 47.3 Å². The monoisotopic (exact) mass is 402 g/mol. The van der Waals surface area contributed by atoms with Gasteiger partial charge in [0.2, 0.25) is 10.0 Å². The third-order valence-electron chi connectivity index (χ3n) is 5.04. The number of sulfonamides is 1. The molecule has 1 N–H and O–H groups in total. The molecule has 0 spiro atoms. The van der Waals surface area contributed by atoms with Gasteiger partial charge in [0.1, 0.15) is 5.75 Å². The van der Waals surface area contributed by atoms with Crippen molar-refractivity contribution in [2.75, 3.05) is 23.7 Å². The van der Waals surface area contributed by atoms with Crippen molar-refractivity contribution in [2.45, 2.75) is 32.7 Å². The highest BCUT2D eigenvalue weighted by Gasteiger charge is 2.27. The quantitative estimate of drug-likeness (QED) is 0.831. The zero-order valence-electron chi connectivity index (χ0n) is 16.4. The van der Waals surface area contributed by atoms with Gasteiger partial charge in [0.25, 0.3) is 5.91 Å². The molecular weight excluding hydrogens is 376 g/mol. The zero-order valence-corrected chi connectivity index (χ0v) is 17.3. The first-order chi connectivity index (χ1) is 13.3. The Morgan fingerprint density at radius 2 is 1.93 bits per heavy atom. The van der Waals surface area contributed by atoms with Crippen molar-refractivity contribution in [3.63, 3.8) is 0 Å². The molecule has 0 radical (unpaired) electrons. The molecule has 0 aromatic heterocycles. The van der Waals surface area contributed by atoms with E-state index in [0.717, 1.165) is 17.5 Å². The van der Waals surface area contributed by atoms with Gasteiger partial charge in [-0.1, -0.05) is 24.3 Å². The van der Waals surface area contributed by atoms with Gasteiger partial charge in [0.05, 0.1) is 24.6 Å². The zero-order chi connectivity index (χ0) is 20.3. The highest BCUT2D eigenvalue weighted by Crippen LogP contribution is 2.29. The average molecular weight is 403 g/mol. The first-order valence-electron chi connectivity index (χ1n) is 9.38. The van der Waals surface area contributed by atoms with Crippen LogP contribution in [0.3, 0.4) is 0 Å². The molecule has 1 heterocycles. The van der Waals surface area contributed by atoms with Crippen molar-refractivity contribution >= 4 is 21.6 Å². The Labute approximate surface area is 166 Å². The lowest BCUT2D eigenvalue weighted by Crippen LogP contribution is -2.38. The predicted octanol–water partition coefficient (Wildman–Crippen LogP) is 3.42. The van der Waals surface area contributed by atoms with Gasteiger partial charge in [-0.2, -0.15) is 0 Å². The number of anilines is 1. The minimum absolute atomic E-state index is 0.147. The van der Waals surface area contributed by atoms with Crippen molar-refractivity contribution in [1.82, 2.24) is 5.32 Å². The van der Waals surface area contributed by atoms with Gasteiger partial charge < -0.3 is 10.1 Å². The van der Waals surface area contributed by atoms with Gasteiger partial charge in [0, 0.05) is 17.7 Å². The lowest BCUT2D eigenvalue weighted by Gasteiger charge is -2.29. The molecular formula is C21H26N2O4S. The SMILES string of the molecule is COc1ccccc1C(C)NC(=O)c1ccc(C)c(N2CCCCS2(=O)=O)c1. The molecule has 0 aliphatic carbocycles. The largest absolute Gasteiger partial charge is 0.496 e. The second kappa shape index (κ2) is 8.22. The summed E-state index contributed by atoms with van der Waals surface area (Å²) in [5.74, 6) is 0.599. The molecule has 0 saturated carbocycles. The lowest BCUT2D eigenvalue weighted by atomic mass is 10.1. The Morgan fingerprint density at radius 1 is 1.18 bits per heavy atom. The summed E-state index contributed by atoms with van der Waals surface area (Å²) in [4.78, 5) is 12.8. The van der Waals surface area contributed by atoms with Crippen molar-refractivity contribution < 1.29 is 17.9 Å². The Kier molecular flexibility index (Phi) is 5.93. The van der Waals surface area contributed by atoms with Crippen LogP contribution in [0.4, 0.5) is 5.69 Å². The standard InChI is InChI=1S/C21H26N2O4S/c1-15-10-11-17(14-19(15)23-12-6-7-13-28(23,25)26)21(24)22-16(2)18-8-4-5-9-20(18)27-3/h4-5,8-11,14,16H,6-7,12-13H2,1-3H3,(H,22,24). The van der Waals surface area contributed by atoms with Gasteiger partial charge in [-0.15, -0.1) is 0 Å². The predicted molar refractivity (Wildman–Crippen MR) is 110 cm³/mol.